The quantitative estimate of drug-likeness (QED) is 0.407. The number of halogens is 4. The normalized spacial score (nSPS) is 14.1. The Morgan fingerprint density at radius 3 is 2.09 bits per heavy atom. The third-order valence-electron chi connectivity index (χ3n) is 5.30. The highest BCUT2D eigenvalue weighted by atomic mass is 19.4. The Morgan fingerprint density at radius 2 is 1.50 bits per heavy atom. The van der Waals surface area contributed by atoms with E-state index in [4.69, 9.17) is 0 Å². The average Bonchev–Trinajstić information content (AvgIpc) is 3.03. The Balaban J connectivity index is 1.78. The van der Waals surface area contributed by atoms with Crippen molar-refractivity contribution >= 4 is 34.4 Å². The first-order valence-corrected chi connectivity index (χ1v) is 10.2. The van der Waals surface area contributed by atoms with Crippen molar-refractivity contribution in [1.29, 1.82) is 0 Å². The molecule has 3 aromatic rings. The summed E-state index contributed by atoms with van der Waals surface area (Å²) in [7, 11) is 3.73. The van der Waals surface area contributed by atoms with E-state index in [0.717, 1.165) is 36.0 Å². The van der Waals surface area contributed by atoms with E-state index in [0.29, 0.717) is 10.6 Å². The van der Waals surface area contributed by atoms with Crippen LogP contribution in [0.3, 0.4) is 0 Å². The molecule has 0 spiro atoms. The molecular formula is C25H19F4N3O2. The van der Waals surface area contributed by atoms with Crippen molar-refractivity contribution in [2.75, 3.05) is 29.2 Å². The molecule has 1 aliphatic rings. The Kier molecular flexibility index (Phi) is 5.87. The first-order valence-electron chi connectivity index (χ1n) is 10.2. The lowest BCUT2D eigenvalue weighted by molar-refractivity contribution is -0.137. The predicted molar refractivity (Wildman–Crippen MR) is 122 cm³/mol. The van der Waals surface area contributed by atoms with E-state index in [1.165, 1.54) is 18.2 Å². The minimum absolute atomic E-state index is 0.0703. The second-order valence-electron chi connectivity index (χ2n) is 7.82. The minimum atomic E-state index is -4.65. The van der Waals surface area contributed by atoms with Gasteiger partial charge in [-0.3, -0.25) is 9.59 Å². The van der Waals surface area contributed by atoms with Crippen molar-refractivity contribution in [2.24, 2.45) is 0 Å². The lowest BCUT2D eigenvalue weighted by Gasteiger charge is -2.17. The fraction of sp³-hybridized carbons (Fsp3) is 0.120. The molecule has 0 atom stereocenters. The van der Waals surface area contributed by atoms with E-state index in [1.54, 1.807) is 24.3 Å². The zero-order valence-corrected chi connectivity index (χ0v) is 18.2. The number of amides is 2. The van der Waals surface area contributed by atoms with Crippen LogP contribution in [0.4, 0.5) is 34.6 Å². The van der Waals surface area contributed by atoms with Crippen LogP contribution in [0.2, 0.25) is 0 Å². The van der Waals surface area contributed by atoms with Crippen LogP contribution in [0.25, 0.3) is 5.57 Å². The van der Waals surface area contributed by atoms with Crippen molar-refractivity contribution in [1.82, 2.24) is 0 Å². The highest BCUT2D eigenvalue weighted by molar-refractivity contribution is 6.46. The fourth-order valence-corrected chi connectivity index (χ4v) is 3.57. The van der Waals surface area contributed by atoms with E-state index >= 15 is 0 Å². The summed E-state index contributed by atoms with van der Waals surface area (Å²) in [5, 5.41) is 2.93. The van der Waals surface area contributed by atoms with Crippen LogP contribution < -0.4 is 15.1 Å². The van der Waals surface area contributed by atoms with Crippen molar-refractivity contribution < 1.29 is 27.2 Å². The molecule has 34 heavy (non-hydrogen) atoms. The van der Waals surface area contributed by atoms with Crippen LogP contribution in [0.1, 0.15) is 11.1 Å². The van der Waals surface area contributed by atoms with Gasteiger partial charge in [-0.15, -0.1) is 0 Å². The SMILES string of the molecule is CN(C)c1ccc(NC2=C(c3ccc(F)cc3)C(=O)N(c3cccc(C(F)(F)F)c3)C2=O)cc1. The maximum atomic E-state index is 13.5. The molecule has 0 aromatic heterocycles. The van der Waals surface area contributed by atoms with E-state index < -0.39 is 29.4 Å². The number of nitrogens with zero attached hydrogens (tertiary/aromatic N) is 2. The molecule has 0 saturated heterocycles. The molecular weight excluding hydrogens is 450 g/mol. The van der Waals surface area contributed by atoms with Gasteiger partial charge in [-0.05, 0) is 60.2 Å². The highest BCUT2D eigenvalue weighted by Gasteiger charge is 2.41. The summed E-state index contributed by atoms with van der Waals surface area (Å²) in [6.45, 7) is 0. The third-order valence-corrected chi connectivity index (χ3v) is 5.30. The topological polar surface area (TPSA) is 52.7 Å². The number of nitrogens with one attached hydrogen (secondary N) is 1. The first-order chi connectivity index (χ1) is 16.1. The van der Waals surface area contributed by atoms with Crippen molar-refractivity contribution in [2.45, 2.75) is 6.18 Å². The van der Waals surface area contributed by atoms with Crippen LogP contribution in [-0.4, -0.2) is 25.9 Å². The molecule has 0 fully saturated rings. The molecule has 0 aliphatic carbocycles. The molecule has 1 heterocycles. The Hall–Kier alpha value is -4.14. The predicted octanol–water partition coefficient (Wildman–Crippen LogP) is 5.31. The number of carbonyl (C=O) groups excluding carboxylic acids is 2. The summed E-state index contributed by atoms with van der Waals surface area (Å²) in [6, 6.07) is 15.9. The lowest BCUT2D eigenvalue weighted by atomic mass is 10.0. The van der Waals surface area contributed by atoms with Crippen LogP contribution in [0.5, 0.6) is 0 Å². The number of benzene rings is 3. The van der Waals surface area contributed by atoms with Crippen LogP contribution in [0.15, 0.2) is 78.5 Å². The highest BCUT2D eigenvalue weighted by Crippen LogP contribution is 2.37. The fourth-order valence-electron chi connectivity index (χ4n) is 3.57. The summed E-state index contributed by atoms with van der Waals surface area (Å²) in [5.41, 5.74) is 0.246. The smallest absolute Gasteiger partial charge is 0.378 e. The number of hydrogen-bond acceptors (Lipinski definition) is 4. The number of anilines is 3. The molecule has 2 amide bonds. The zero-order valence-electron chi connectivity index (χ0n) is 18.2. The van der Waals surface area contributed by atoms with Gasteiger partial charge in [0.1, 0.15) is 11.5 Å². The molecule has 0 unspecified atom stereocenters. The summed E-state index contributed by atoms with van der Waals surface area (Å²) in [4.78, 5) is 29.2. The first kappa shape index (κ1) is 23.0. The molecule has 1 aliphatic heterocycles. The maximum absolute atomic E-state index is 13.5. The van der Waals surface area contributed by atoms with Gasteiger partial charge in [0.05, 0.1) is 16.8 Å². The molecule has 3 aromatic carbocycles. The Bertz CT molecular complexity index is 1280. The zero-order chi connectivity index (χ0) is 24.6. The van der Waals surface area contributed by atoms with Gasteiger partial charge >= 0.3 is 6.18 Å². The molecule has 9 heteroatoms. The van der Waals surface area contributed by atoms with Crippen LogP contribution >= 0.6 is 0 Å². The van der Waals surface area contributed by atoms with Crippen LogP contribution in [0, 0.1) is 5.82 Å². The largest absolute Gasteiger partial charge is 0.416 e. The molecule has 0 bridgehead atoms. The number of hydrogen-bond donors (Lipinski definition) is 1. The maximum Gasteiger partial charge on any atom is 0.416 e. The Labute approximate surface area is 192 Å². The monoisotopic (exact) mass is 469 g/mol. The number of rotatable bonds is 5. The van der Waals surface area contributed by atoms with Gasteiger partial charge in [-0.2, -0.15) is 13.2 Å². The number of imide groups is 1. The molecule has 1 N–H and O–H groups in total. The second-order valence-corrected chi connectivity index (χ2v) is 7.82. The number of carbonyl (C=O) groups is 2. The summed E-state index contributed by atoms with van der Waals surface area (Å²) in [5.74, 6) is -2.17. The van der Waals surface area contributed by atoms with Gasteiger partial charge in [0, 0.05) is 25.5 Å². The van der Waals surface area contributed by atoms with E-state index in [2.05, 4.69) is 5.32 Å². The van der Waals surface area contributed by atoms with E-state index in [1.807, 2.05) is 19.0 Å². The van der Waals surface area contributed by atoms with Crippen molar-refractivity contribution in [3.63, 3.8) is 0 Å². The summed E-state index contributed by atoms with van der Waals surface area (Å²) < 4.78 is 53.2. The number of alkyl halides is 3. The summed E-state index contributed by atoms with van der Waals surface area (Å²) >= 11 is 0. The molecule has 174 valence electrons. The van der Waals surface area contributed by atoms with E-state index in [9.17, 15) is 27.2 Å². The van der Waals surface area contributed by atoms with Gasteiger partial charge in [0.2, 0.25) is 0 Å². The van der Waals surface area contributed by atoms with Gasteiger partial charge in [-0.1, -0.05) is 18.2 Å². The Morgan fingerprint density at radius 1 is 0.853 bits per heavy atom. The lowest BCUT2D eigenvalue weighted by Crippen LogP contribution is -2.32. The molecule has 0 radical (unpaired) electrons. The van der Waals surface area contributed by atoms with Crippen molar-refractivity contribution in [3.05, 3.63) is 95.4 Å². The molecule has 5 nitrogen and oxygen atoms in total. The summed E-state index contributed by atoms with van der Waals surface area (Å²) in [6.07, 6.45) is -4.65. The van der Waals surface area contributed by atoms with Crippen molar-refractivity contribution in [3.8, 4) is 0 Å². The van der Waals surface area contributed by atoms with Gasteiger partial charge in [0.15, 0.2) is 0 Å². The molecule has 0 saturated carbocycles. The van der Waals surface area contributed by atoms with Crippen LogP contribution in [-0.2, 0) is 15.8 Å². The third kappa shape index (κ3) is 4.36. The second kappa shape index (κ2) is 8.66. The van der Waals surface area contributed by atoms with Gasteiger partial charge in [0.25, 0.3) is 11.8 Å². The minimum Gasteiger partial charge on any atom is -0.378 e. The van der Waals surface area contributed by atoms with Gasteiger partial charge in [-0.25, -0.2) is 9.29 Å². The standard InChI is InChI=1S/C25H19F4N3O2/c1-31(2)19-12-10-18(11-13-19)30-22-21(15-6-8-17(26)9-7-15)23(33)32(24(22)34)20-5-3-4-16(14-20)25(27,28)29/h3-14,30H,1-2H3. The van der Waals surface area contributed by atoms with E-state index in [-0.39, 0.29) is 22.5 Å². The van der Waals surface area contributed by atoms with Gasteiger partial charge < -0.3 is 10.2 Å². The molecule has 4 rings (SSSR count). The average molecular weight is 469 g/mol.